The molecule has 0 aliphatic carbocycles. The van der Waals surface area contributed by atoms with Gasteiger partial charge in [-0.1, -0.05) is 12.1 Å². The standard InChI is InChI=1S/C16H22FN3O2.ClH/c17-14-6-2-1-5-13(14)16(22)20-10-4-9-19(11-12-20)15(21)7-3-8-18;/h1-2,5-6H,3-4,7-12,18H2;1H. The van der Waals surface area contributed by atoms with Crippen molar-refractivity contribution in [3.05, 3.63) is 35.6 Å². The summed E-state index contributed by atoms with van der Waals surface area (Å²) in [5.74, 6) is -0.743. The average molecular weight is 344 g/mol. The van der Waals surface area contributed by atoms with Crippen LogP contribution in [0.5, 0.6) is 0 Å². The van der Waals surface area contributed by atoms with Gasteiger partial charge in [0.25, 0.3) is 5.91 Å². The van der Waals surface area contributed by atoms with Gasteiger partial charge in [-0.25, -0.2) is 4.39 Å². The normalized spacial score (nSPS) is 14.9. The number of benzene rings is 1. The maximum Gasteiger partial charge on any atom is 0.256 e. The third kappa shape index (κ3) is 5.18. The van der Waals surface area contributed by atoms with Crippen molar-refractivity contribution in [1.82, 2.24) is 9.80 Å². The molecule has 2 amide bonds. The number of rotatable bonds is 4. The van der Waals surface area contributed by atoms with Crippen molar-refractivity contribution in [3.63, 3.8) is 0 Å². The van der Waals surface area contributed by atoms with Crippen molar-refractivity contribution < 1.29 is 14.0 Å². The lowest BCUT2D eigenvalue weighted by atomic mass is 10.2. The predicted molar refractivity (Wildman–Crippen MR) is 89.0 cm³/mol. The number of hydrogen-bond acceptors (Lipinski definition) is 3. The Labute approximate surface area is 142 Å². The minimum absolute atomic E-state index is 0. The van der Waals surface area contributed by atoms with E-state index in [1.165, 1.54) is 12.1 Å². The summed E-state index contributed by atoms with van der Waals surface area (Å²) in [6.45, 7) is 2.58. The maximum absolute atomic E-state index is 13.7. The Balaban J connectivity index is 0.00000264. The van der Waals surface area contributed by atoms with E-state index in [9.17, 15) is 14.0 Å². The molecule has 0 unspecified atom stereocenters. The number of amides is 2. The molecule has 2 rings (SSSR count). The molecule has 0 bridgehead atoms. The van der Waals surface area contributed by atoms with Crippen molar-refractivity contribution in [3.8, 4) is 0 Å². The van der Waals surface area contributed by atoms with Gasteiger partial charge in [0.05, 0.1) is 5.56 Å². The van der Waals surface area contributed by atoms with E-state index in [4.69, 9.17) is 5.73 Å². The first kappa shape index (κ1) is 19.4. The molecule has 0 aromatic heterocycles. The van der Waals surface area contributed by atoms with Crippen LogP contribution in [0.1, 0.15) is 29.6 Å². The summed E-state index contributed by atoms with van der Waals surface area (Å²) in [6.07, 6.45) is 1.82. The van der Waals surface area contributed by atoms with E-state index in [1.807, 2.05) is 0 Å². The minimum Gasteiger partial charge on any atom is -0.341 e. The highest BCUT2D eigenvalue weighted by Crippen LogP contribution is 2.13. The first-order valence-corrected chi connectivity index (χ1v) is 7.65. The van der Waals surface area contributed by atoms with Crippen LogP contribution < -0.4 is 5.73 Å². The molecule has 5 nitrogen and oxygen atoms in total. The van der Waals surface area contributed by atoms with Gasteiger partial charge in [0.1, 0.15) is 5.82 Å². The highest BCUT2D eigenvalue weighted by atomic mass is 35.5. The van der Waals surface area contributed by atoms with E-state index in [2.05, 4.69) is 0 Å². The van der Waals surface area contributed by atoms with Crippen molar-refractivity contribution in [1.29, 1.82) is 0 Å². The lowest BCUT2D eigenvalue weighted by Crippen LogP contribution is -2.37. The quantitative estimate of drug-likeness (QED) is 0.904. The molecule has 7 heteroatoms. The number of carbonyl (C=O) groups is 2. The van der Waals surface area contributed by atoms with Crippen LogP contribution in [0, 0.1) is 5.82 Å². The molecule has 0 atom stereocenters. The molecule has 1 aromatic carbocycles. The molecule has 1 saturated heterocycles. The third-order valence-corrected chi connectivity index (χ3v) is 3.83. The first-order chi connectivity index (χ1) is 10.6. The summed E-state index contributed by atoms with van der Waals surface area (Å²) in [4.78, 5) is 27.8. The molecule has 0 spiro atoms. The Morgan fingerprint density at radius 2 is 1.74 bits per heavy atom. The van der Waals surface area contributed by atoms with Gasteiger partial charge in [-0.3, -0.25) is 9.59 Å². The number of halogens is 2. The molecule has 0 radical (unpaired) electrons. The summed E-state index contributed by atoms with van der Waals surface area (Å²) in [6, 6.07) is 5.99. The topological polar surface area (TPSA) is 66.6 Å². The molecule has 1 aliphatic heterocycles. The summed E-state index contributed by atoms with van der Waals surface area (Å²) in [5, 5.41) is 0. The number of hydrogen-bond donors (Lipinski definition) is 1. The van der Waals surface area contributed by atoms with Crippen LogP contribution in [0.4, 0.5) is 4.39 Å². The number of carbonyl (C=O) groups excluding carboxylic acids is 2. The van der Waals surface area contributed by atoms with Crippen LogP contribution in [0.15, 0.2) is 24.3 Å². The van der Waals surface area contributed by atoms with Gasteiger partial charge < -0.3 is 15.5 Å². The molecular weight excluding hydrogens is 321 g/mol. The number of nitrogens with zero attached hydrogens (tertiary/aromatic N) is 2. The highest BCUT2D eigenvalue weighted by molar-refractivity contribution is 5.94. The molecule has 1 aliphatic rings. The summed E-state index contributed by atoms with van der Waals surface area (Å²) in [7, 11) is 0. The fraction of sp³-hybridized carbons (Fsp3) is 0.500. The second-order valence-electron chi connectivity index (χ2n) is 5.40. The van der Waals surface area contributed by atoms with Gasteiger partial charge in [-0.2, -0.15) is 0 Å². The van der Waals surface area contributed by atoms with Crippen LogP contribution in [0.3, 0.4) is 0 Å². The van der Waals surface area contributed by atoms with Gasteiger partial charge in [0.15, 0.2) is 0 Å². The van der Waals surface area contributed by atoms with Crippen LogP contribution in [-0.2, 0) is 4.79 Å². The van der Waals surface area contributed by atoms with Gasteiger partial charge >= 0.3 is 0 Å². The zero-order chi connectivity index (χ0) is 15.9. The molecule has 1 aromatic rings. The summed E-state index contributed by atoms with van der Waals surface area (Å²) < 4.78 is 13.7. The van der Waals surface area contributed by atoms with E-state index < -0.39 is 5.82 Å². The van der Waals surface area contributed by atoms with Gasteiger partial charge in [-0.15, -0.1) is 12.4 Å². The van der Waals surface area contributed by atoms with Crippen LogP contribution in [0.2, 0.25) is 0 Å². The smallest absolute Gasteiger partial charge is 0.256 e. The molecule has 1 heterocycles. The second-order valence-corrected chi connectivity index (χ2v) is 5.40. The SMILES string of the molecule is Cl.NCCCC(=O)N1CCCN(C(=O)c2ccccc2F)CC1. The molecular formula is C16H23ClFN3O2. The predicted octanol–water partition coefficient (Wildman–Crippen LogP) is 1.66. The lowest BCUT2D eigenvalue weighted by Gasteiger charge is -2.22. The Morgan fingerprint density at radius 3 is 2.43 bits per heavy atom. The van der Waals surface area contributed by atoms with Crippen LogP contribution in [0.25, 0.3) is 0 Å². The van der Waals surface area contributed by atoms with E-state index >= 15 is 0 Å². The fourth-order valence-electron chi connectivity index (χ4n) is 2.59. The van der Waals surface area contributed by atoms with Gasteiger partial charge in [0, 0.05) is 32.6 Å². The zero-order valence-corrected chi connectivity index (χ0v) is 13.9. The van der Waals surface area contributed by atoms with Crippen molar-refractivity contribution in [2.45, 2.75) is 19.3 Å². The Kier molecular flexibility index (Phi) is 7.98. The van der Waals surface area contributed by atoms with Crippen molar-refractivity contribution >= 4 is 24.2 Å². The average Bonchev–Trinajstić information content (AvgIpc) is 2.78. The van der Waals surface area contributed by atoms with Crippen LogP contribution in [-0.4, -0.2) is 54.3 Å². The van der Waals surface area contributed by atoms with E-state index in [1.54, 1.807) is 21.9 Å². The highest BCUT2D eigenvalue weighted by Gasteiger charge is 2.23. The molecule has 23 heavy (non-hydrogen) atoms. The summed E-state index contributed by atoms with van der Waals surface area (Å²) in [5.41, 5.74) is 5.51. The van der Waals surface area contributed by atoms with Crippen molar-refractivity contribution in [2.24, 2.45) is 5.73 Å². The van der Waals surface area contributed by atoms with E-state index in [0.717, 1.165) is 0 Å². The lowest BCUT2D eigenvalue weighted by molar-refractivity contribution is -0.131. The Bertz CT molecular complexity index is 542. The fourth-order valence-corrected chi connectivity index (χ4v) is 2.59. The maximum atomic E-state index is 13.7. The summed E-state index contributed by atoms with van der Waals surface area (Å²) >= 11 is 0. The Hall–Kier alpha value is -1.66. The zero-order valence-electron chi connectivity index (χ0n) is 13.0. The number of nitrogens with two attached hydrogens (primary N) is 1. The van der Waals surface area contributed by atoms with Gasteiger partial charge in [-0.05, 0) is 31.5 Å². The molecule has 0 saturated carbocycles. The molecule has 2 N–H and O–H groups in total. The van der Waals surface area contributed by atoms with E-state index in [0.29, 0.717) is 52.0 Å². The van der Waals surface area contributed by atoms with E-state index in [-0.39, 0.29) is 29.8 Å². The monoisotopic (exact) mass is 343 g/mol. The van der Waals surface area contributed by atoms with Crippen molar-refractivity contribution in [2.75, 3.05) is 32.7 Å². The van der Waals surface area contributed by atoms with Crippen LogP contribution >= 0.6 is 12.4 Å². The first-order valence-electron chi connectivity index (χ1n) is 7.65. The second kappa shape index (κ2) is 9.47. The molecule has 128 valence electrons. The largest absolute Gasteiger partial charge is 0.341 e. The minimum atomic E-state index is -0.507. The third-order valence-electron chi connectivity index (χ3n) is 3.83. The van der Waals surface area contributed by atoms with Gasteiger partial charge in [0.2, 0.25) is 5.91 Å². The molecule has 1 fully saturated rings. The Morgan fingerprint density at radius 1 is 1.09 bits per heavy atom.